The maximum absolute atomic E-state index is 15.0. The van der Waals surface area contributed by atoms with Crippen LogP contribution in [0.5, 0.6) is 0 Å². The monoisotopic (exact) mass is 546 g/mol. The summed E-state index contributed by atoms with van der Waals surface area (Å²) in [6.45, 7) is 1.66. The van der Waals surface area contributed by atoms with Gasteiger partial charge in [0, 0.05) is 23.5 Å². The molecule has 0 saturated carbocycles. The Hall–Kier alpha value is -3.40. The molecule has 0 aliphatic rings. The summed E-state index contributed by atoms with van der Waals surface area (Å²) in [4.78, 5) is 3.77. The zero-order valence-electron chi connectivity index (χ0n) is 19.6. The van der Waals surface area contributed by atoms with Crippen LogP contribution >= 0.6 is 11.6 Å². The van der Waals surface area contributed by atoms with Gasteiger partial charge in [-0.25, -0.2) is 21.6 Å². The van der Waals surface area contributed by atoms with Crippen molar-refractivity contribution in [3.63, 3.8) is 0 Å². The number of nitrogens with zero attached hydrogens (tertiary/aromatic N) is 2. The number of rotatable bonds is 9. The number of benzene rings is 3. The van der Waals surface area contributed by atoms with Crippen molar-refractivity contribution in [2.45, 2.75) is 31.1 Å². The maximum Gasteiger partial charge on any atom is 0.264 e. The Bertz CT molecular complexity index is 1490. The molecule has 0 radical (unpaired) electrons. The average Bonchev–Trinajstić information content (AvgIpc) is 2.87. The van der Waals surface area contributed by atoms with Gasteiger partial charge in [0.15, 0.2) is 0 Å². The van der Waals surface area contributed by atoms with Gasteiger partial charge in [0.25, 0.3) is 10.0 Å². The fourth-order valence-corrected chi connectivity index (χ4v) is 5.67. The van der Waals surface area contributed by atoms with Gasteiger partial charge in [-0.2, -0.15) is 0 Å². The molecule has 4 rings (SSSR count). The average molecular weight is 547 g/mol. The van der Waals surface area contributed by atoms with Crippen LogP contribution in [0, 0.1) is 17.5 Å². The number of ether oxygens (including phenoxy) is 1. The molecule has 0 unspecified atom stereocenters. The Morgan fingerprint density at radius 3 is 2.24 bits per heavy atom. The molecule has 0 saturated heterocycles. The number of pyridine rings is 1. The predicted octanol–water partition coefficient (Wildman–Crippen LogP) is 6.83. The first-order valence-electron chi connectivity index (χ1n) is 11.2. The second-order valence-electron chi connectivity index (χ2n) is 8.22. The van der Waals surface area contributed by atoms with E-state index in [0.717, 1.165) is 28.1 Å². The molecule has 0 spiro atoms. The highest BCUT2D eigenvalue weighted by Gasteiger charge is 2.33. The summed E-state index contributed by atoms with van der Waals surface area (Å²) < 4.78 is 77.5. The molecule has 4 aromatic rings. The van der Waals surface area contributed by atoms with E-state index in [1.54, 1.807) is 24.5 Å². The smallest absolute Gasteiger partial charge is 0.264 e. The minimum atomic E-state index is -4.42. The second kappa shape index (κ2) is 11.3. The molecule has 5 nitrogen and oxygen atoms in total. The number of hydrogen-bond donors (Lipinski definition) is 0. The lowest BCUT2D eigenvalue weighted by Gasteiger charge is -2.32. The second-order valence-corrected chi connectivity index (χ2v) is 10.5. The van der Waals surface area contributed by atoms with Gasteiger partial charge in [-0.05, 0) is 84.3 Å². The highest BCUT2D eigenvalue weighted by molar-refractivity contribution is 7.92. The minimum Gasteiger partial charge on any atom is -0.372 e. The topological polar surface area (TPSA) is 59.5 Å². The highest BCUT2D eigenvalue weighted by Crippen LogP contribution is 2.37. The Morgan fingerprint density at radius 1 is 0.892 bits per heavy atom. The molecule has 1 atom stereocenters. The van der Waals surface area contributed by atoms with Crippen LogP contribution in [0.4, 0.5) is 18.9 Å². The summed E-state index contributed by atoms with van der Waals surface area (Å²) in [7, 11) is -4.42. The van der Waals surface area contributed by atoms with Gasteiger partial charge >= 0.3 is 0 Å². The van der Waals surface area contributed by atoms with E-state index in [4.69, 9.17) is 16.3 Å². The normalized spacial score (nSPS) is 12.4. The van der Waals surface area contributed by atoms with Crippen LogP contribution in [-0.2, 0) is 28.0 Å². The third kappa shape index (κ3) is 6.12. The lowest BCUT2D eigenvalue weighted by Crippen LogP contribution is -2.35. The molecular weight excluding hydrogens is 525 g/mol. The summed E-state index contributed by atoms with van der Waals surface area (Å²) in [5.41, 5.74) is 1.07. The molecule has 0 fully saturated rings. The van der Waals surface area contributed by atoms with Crippen molar-refractivity contribution in [2.24, 2.45) is 0 Å². The lowest BCUT2D eigenvalue weighted by molar-refractivity contribution is 0.106. The van der Waals surface area contributed by atoms with Crippen LogP contribution < -0.4 is 4.31 Å². The SMILES string of the molecule is C[C@H](c1ccc(F)cc1COCc1ccncc1)N(c1cc(F)ccc1F)S(=O)(=O)c1ccc(Cl)cc1. The Labute approximate surface area is 218 Å². The third-order valence-electron chi connectivity index (χ3n) is 5.70. The van der Waals surface area contributed by atoms with Crippen molar-refractivity contribution >= 4 is 27.3 Å². The van der Waals surface area contributed by atoms with Crippen molar-refractivity contribution < 1.29 is 26.3 Å². The fraction of sp³-hybridized carbons (Fsp3) is 0.148. The number of sulfonamides is 1. The van der Waals surface area contributed by atoms with Crippen LogP contribution in [0.1, 0.15) is 29.7 Å². The van der Waals surface area contributed by atoms with Crippen molar-refractivity contribution in [1.82, 2.24) is 4.98 Å². The Morgan fingerprint density at radius 2 is 1.54 bits per heavy atom. The quantitative estimate of drug-likeness (QED) is 0.231. The molecule has 0 aliphatic heterocycles. The van der Waals surface area contributed by atoms with Crippen molar-refractivity contribution in [1.29, 1.82) is 0 Å². The summed E-state index contributed by atoms with van der Waals surface area (Å²) in [5.74, 6) is -2.31. The number of hydrogen-bond acceptors (Lipinski definition) is 4. The summed E-state index contributed by atoms with van der Waals surface area (Å²) >= 11 is 5.92. The molecule has 192 valence electrons. The van der Waals surface area contributed by atoms with Gasteiger partial charge in [0.1, 0.15) is 17.5 Å². The number of halogens is 4. The van der Waals surface area contributed by atoms with E-state index in [1.165, 1.54) is 49.4 Å². The van der Waals surface area contributed by atoms with Gasteiger partial charge in [0.05, 0.1) is 29.8 Å². The molecule has 37 heavy (non-hydrogen) atoms. The van der Waals surface area contributed by atoms with E-state index in [9.17, 15) is 21.6 Å². The van der Waals surface area contributed by atoms with Gasteiger partial charge in [0.2, 0.25) is 0 Å². The molecule has 1 heterocycles. The first-order valence-corrected chi connectivity index (χ1v) is 13.0. The molecule has 3 aromatic carbocycles. The molecule has 0 N–H and O–H groups in total. The number of anilines is 1. The Kier molecular flexibility index (Phi) is 8.16. The zero-order chi connectivity index (χ0) is 26.6. The van der Waals surface area contributed by atoms with Crippen molar-refractivity contribution in [3.05, 3.63) is 124 Å². The van der Waals surface area contributed by atoms with Crippen LogP contribution in [0.25, 0.3) is 0 Å². The number of aromatic nitrogens is 1. The molecule has 0 amide bonds. The third-order valence-corrected chi connectivity index (χ3v) is 7.85. The van der Waals surface area contributed by atoms with E-state index in [-0.39, 0.29) is 18.1 Å². The van der Waals surface area contributed by atoms with E-state index >= 15 is 0 Å². The molecule has 0 aliphatic carbocycles. The lowest BCUT2D eigenvalue weighted by atomic mass is 10.0. The van der Waals surface area contributed by atoms with Gasteiger partial charge in [-0.1, -0.05) is 17.7 Å². The van der Waals surface area contributed by atoms with E-state index in [0.29, 0.717) is 16.1 Å². The van der Waals surface area contributed by atoms with Gasteiger partial charge in [-0.15, -0.1) is 0 Å². The first-order chi connectivity index (χ1) is 17.7. The van der Waals surface area contributed by atoms with Crippen LogP contribution in [0.3, 0.4) is 0 Å². The van der Waals surface area contributed by atoms with E-state index < -0.39 is 39.2 Å². The fourth-order valence-electron chi connectivity index (χ4n) is 3.91. The van der Waals surface area contributed by atoms with Crippen LogP contribution in [0.15, 0.2) is 90.1 Å². The minimum absolute atomic E-state index is 0.0553. The van der Waals surface area contributed by atoms with E-state index in [2.05, 4.69) is 4.98 Å². The van der Waals surface area contributed by atoms with E-state index in [1.807, 2.05) is 0 Å². The summed E-state index contributed by atoms with van der Waals surface area (Å²) in [6.07, 6.45) is 3.23. The molecule has 0 bridgehead atoms. The van der Waals surface area contributed by atoms with Gasteiger partial charge in [-0.3, -0.25) is 9.29 Å². The Balaban J connectivity index is 1.77. The highest BCUT2D eigenvalue weighted by atomic mass is 35.5. The van der Waals surface area contributed by atoms with Crippen molar-refractivity contribution in [3.8, 4) is 0 Å². The zero-order valence-corrected chi connectivity index (χ0v) is 21.2. The predicted molar refractivity (Wildman–Crippen MR) is 135 cm³/mol. The molecule has 10 heteroatoms. The van der Waals surface area contributed by atoms with Crippen LogP contribution in [0.2, 0.25) is 5.02 Å². The maximum atomic E-state index is 15.0. The van der Waals surface area contributed by atoms with Crippen molar-refractivity contribution in [2.75, 3.05) is 4.31 Å². The molecule has 1 aromatic heterocycles. The summed E-state index contributed by atoms with van der Waals surface area (Å²) in [6, 6.07) is 14.1. The molecular formula is C27H22ClF3N2O3S. The summed E-state index contributed by atoms with van der Waals surface area (Å²) in [5, 5.41) is 0.308. The standard InChI is InChI=1S/C27H22ClF3N2O3S/c1-18(25-8-4-22(29)14-20(25)17-36-16-19-10-12-32-13-11-19)33(27-15-23(30)5-9-26(27)31)37(34,35)24-6-2-21(28)3-7-24/h2-15,18H,16-17H2,1H3/t18-/m1/s1. The first kappa shape index (κ1) is 26.7. The largest absolute Gasteiger partial charge is 0.372 e. The van der Waals surface area contributed by atoms with Crippen LogP contribution in [-0.4, -0.2) is 13.4 Å². The van der Waals surface area contributed by atoms with Gasteiger partial charge < -0.3 is 4.74 Å².